The molecule has 0 saturated heterocycles. The fourth-order valence-electron chi connectivity index (χ4n) is 0.106. The van der Waals surface area contributed by atoms with E-state index >= 15 is 0 Å². The zero-order valence-corrected chi connectivity index (χ0v) is 5.65. The van der Waals surface area contributed by atoms with Crippen LogP contribution < -0.4 is 0 Å². The molecule has 0 fully saturated rings. The fourth-order valence-corrected chi connectivity index (χ4v) is 0.106. The molecule has 9 heavy (non-hydrogen) atoms. The van der Waals surface area contributed by atoms with Crippen molar-refractivity contribution in [1.29, 1.82) is 0 Å². The lowest BCUT2D eigenvalue weighted by Crippen LogP contribution is -2.23. The minimum absolute atomic E-state index is 0. The molecule has 0 rings (SSSR count). The van der Waals surface area contributed by atoms with Crippen LogP contribution in [0.4, 0.5) is 0 Å². The smallest absolute Gasteiger partial charge is 0.333 e. The predicted octanol–water partition coefficient (Wildman–Crippen LogP) is 0.185. The van der Waals surface area contributed by atoms with E-state index in [-0.39, 0.29) is 12.4 Å². The van der Waals surface area contributed by atoms with Crippen LogP contribution in [0.1, 0.15) is 0 Å². The first kappa shape index (κ1) is 11.3. The number of halogens is 2. The average molecular weight is 175 g/mol. The van der Waals surface area contributed by atoms with Gasteiger partial charge >= 0.3 is 11.9 Å². The van der Waals surface area contributed by atoms with Crippen molar-refractivity contribution in [3.05, 3.63) is 0 Å². The summed E-state index contributed by atoms with van der Waals surface area (Å²) in [7, 11) is 0. The zero-order chi connectivity index (χ0) is 6.73. The van der Waals surface area contributed by atoms with Gasteiger partial charge in [-0.2, -0.15) is 0 Å². The third-order valence-electron chi connectivity index (χ3n) is 0.434. The molecule has 0 aliphatic carbocycles. The maximum absolute atomic E-state index is 9.63. The molecule has 0 aromatic carbocycles. The molecular weight excluding hydrogens is 171 g/mol. The van der Waals surface area contributed by atoms with Gasteiger partial charge in [-0.3, -0.25) is 0 Å². The van der Waals surface area contributed by atoms with Gasteiger partial charge in [-0.25, -0.2) is 9.59 Å². The van der Waals surface area contributed by atoms with E-state index in [1.807, 2.05) is 0 Å². The number of rotatable bonds is 2. The molecular formula is C3H4Cl2O4. The summed E-state index contributed by atoms with van der Waals surface area (Å²) < 4.78 is 0. The molecule has 0 spiro atoms. The number of aliphatic carboxylic acids is 2. The number of carboxylic acids is 2. The van der Waals surface area contributed by atoms with Crippen LogP contribution in [-0.2, 0) is 9.59 Å². The quantitative estimate of drug-likeness (QED) is 0.463. The maximum Gasteiger partial charge on any atom is 0.333 e. The van der Waals surface area contributed by atoms with Crippen LogP contribution in [0.2, 0.25) is 0 Å². The second-order valence-electron chi connectivity index (χ2n) is 1.04. The van der Waals surface area contributed by atoms with Crippen molar-refractivity contribution in [2.45, 2.75) is 5.38 Å². The van der Waals surface area contributed by atoms with E-state index in [1.165, 1.54) is 0 Å². The minimum atomic E-state index is -1.82. The predicted molar refractivity (Wildman–Crippen MR) is 32.2 cm³/mol. The lowest BCUT2D eigenvalue weighted by Gasteiger charge is -1.92. The summed E-state index contributed by atoms with van der Waals surface area (Å²) in [4.78, 5) is 19.3. The lowest BCUT2D eigenvalue weighted by atomic mass is 10.4. The van der Waals surface area contributed by atoms with Crippen LogP contribution in [0.5, 0.6) is 0 Å². The summed E-state index contributed by atoms with van der Waals surface area (Å²) in [6, 6.07) is 0. The largest absolute Gasteiger partial charge is 0.480 e. The van der Waals surface area contributed by atoms with Crippen molar-refractivity contribution in [2.24, 2.45) is 0 Å². The Morgan fingerprint density at radius 3 is 1.44 bits per heavy atom. The van der Waals surface area contributed by atoms with Gasteiger partial charge in [0.25, 0.3) is 0 Å². The molecule has 0 unspecified atom stereocenters. The molecule has 0 aromatic heterocycles. The van der Waals surface area contributed by atoms with Crippen LogP contribution in [-0.4, -0.2) is 27.5 Å². The van der Waals surface area contributed by atoms with Crippen LogP contribution in [0.25, 0.3) is 0 Å². The summed E-state index contributed by atoms with van der Waals surface area (Å²) in [5, 5.41) is 13.9. The number of alkyl halides is 1. The van der Waals surface area contributed by atoms with Gasteiger partial charge in [-0.05, 0) is 0 Å². The highest BCUT2D eigenvalue weighted by Crippen LogP contribution is 1.93. The molecule has 0 amide bonds. The molecule has 0 aromatic rings. The third-order valence-corrected chi connectivity index (χ3v) is 0.807. The third kappa shape index (κ3) is 4.05. The summed E-state index contributed by atoms with van der Waals surface area (Å²) in [6.07, 6.45) is 0. The first-order chi connectivity index (χ1) is 3.55. The van der Waals surface area contributed by atoms with Gasteiger partial charge in [0.1, 0.15) is 0 Å². The summed E-state index contributed by atoms with van der Waals surface area (Å²) in [5.74, 6) is -3.08. The molecule has 0 atom stereocenters. The summed E-state index contributed by atoms with van der Waals surface area (Å²) >= 11 is 4.75. The summed E-state index contributed by atoms with van der Waals surface area (Å²) in [5.41, 5.74) is 0. The van der Waals surface area contributed by atoms with Gasteiger partial charge in [-0.1, -0.05) is 11.6 Å². The van der Waals surface area contributed by atoms with Crippen molar-refractivity contribution >= 4 is 35.9 Å². The first-order valence-corrected chi connectivity index (χ1v) is 2.09. The van der Waals surface area contributed by atoms with E-state index in [1.54, 1.807) is 0 Å². The number of carboxylic acid groups (broad SMARTS) is 2. The molecule has 6 heteroatoms. The highest BCUT2D eigenvalue weighted by Gasteiger charge is 2.21. The Morgan fingerprint density at radius 1 is 1.22 bits per heavy atom. The summed E-state index contributed by atoms with van der Waals surface area (Å²) in [6.45, 7) is 0. The monoisotopic (exact) mass is 174 g/mol. The number of hydrogen-bond acceptors (Lipinski definition) is 2. The van der Waals surface area contributed by atoms with Crippen LogP contribution in [0, 0.1) is 0 Å². The van der Waals surface area contributed by atoms with Crippen molar-refractivity contribution in [3.63, 3.8) is 0 Å². The Bertz CT molecular complexity index is 109. The Balaban J connectivity index is 0. The van der Waals surface area contributed by atoms with Crippen molar-refractivity contribution in [3.8, 4) is 0 Å². The molecule has 2 N–H and O–H groups in total. The minimum Gasteiger partial charge on any atom is -0.480 e. The van der Waals surface area contributed by atoms with Crippen molar-refractivity contribution in [2.75, 3.05) is 0 Å². The van der Waals surface area contributed by atoms with Gasteiger partial charge < -0.3 is 10.2 Å². The molecule has 54 valence electrons. The van der Waals surface area contributed by atoms with E-state index in [9.17, 15) is 9.59 Å². The highest BCUT2D eigenvalue weighted by atomic mass is 35.5. The second kappa shape index (κ2) is 4.40. The molecule has 0 bridgehead atoms. The Kier molecular flexibility index (Phi) is 5.55. The molecule has 0 saturated carbocycles. The Labute approximate surface area is 61.8 Å². The first-order valence-electron chi connectivity index (χ1n) is 1.65. The van der Waals surface area contributed by atoms with E-state index < -0.39 is 17.3 Å². The van der Waals surface area contributed by atoms with Gasteiger partial charge in [-0.15, -0.1) is 12.4 Å². The normalized spacial score (nSPS) is 8.22. The zero-order valence-electron chi connectivity index (χ0n) is 4.07. The van der Waals surface area contributed by atoms with E-state index in [0.29, 0.717) is 0 Å². The number of hydrogen-bond donors (Lipinski definition) is 2. The molecule has 0 aliphatic rings. The average Bonchev–Trinajstić information content (AvgIpc) is 1.64. The van der Waals surface area contributed by atoms with Crippen LogP contribution in [0.15, 0.2) is 0 Å². The Hall–Kier alpha value is -0.480. The van der Waals surface area contributed by atoms with Gasteiger partial charge in [0.05, 0.1) is 0 Å². The maximum atomic E-state index is 9.63. The van der Waals surface area contributed by atoms with Crippen LogP contribution >= 0.6 is 24.0 Å². The highest BCUT2D eigenvalue weighted by molar-refractivity contribution is 6.39. The van der Waals surface area contributed by atoms with E-state index in [0.717, 1.165) is 0 Å². The Morgan fingerprint density at radius 2 is 1.44 bits per heavy atom. The molecule has 0 radical (unpaired) electrons. The van der Waals surface area contributed by atoms with E-state index in [4.69, 9.17) is 21.8 Å². The van der Waals surface area contributed by atoms with E-state index in [2.05, 4.69) is 0 Å². The SMILES string of the molecule is Cl.O=C(O)C(Cl)C(=O)O. The van der Waals surface area contributed by atoms with Crippen molar-refractivity contribution < 1.29 is 19.8 Å². The molecule has 0 aliphatic heterocycles. The lowest BCUT2D eigenvalue weighted by molar-refractivity contribution is -0.146. The van der Waals surface area contributed by atoms with Gasteiger partial charge in [0.15, 0.2) is 0 Å². The topological polar surface area (TPSA) is 74.6 Å². The van der Waals surface area contributed by atoms with Gasteiger partial charge in [0.2, 0.25) is 5.38 Å². The van der Waals surface area contributed by atoms with Gasteiger partial charge in [0, 0.05) is 0 Å². The van der Waals surface area contributed by atoms with Crippen molar-refractivity contribution in [1.82, 2.24) is 0 Å². The number of carbonyl (C=O) groups is 2. The molecule has 4 nitrogen and oxygen atoms in total. The second-order valence-corrected chi connectivity index (χ2v) is 1.48. The molecule has 0 heterocycles. The fraction of sp³-hybridized carbons (Fsp3) is 0.333. The van der Waals surface area contributed by atoms with Crippen LogP contribution in [0.3, 0.4) is 0 Å². The standard InChI is InChI=1S/C3H3ClO4.ClH/c4-1(2(5)6)3(7)8;/h1H,(H,5,6)(H,7,8);1H.